The van der Waals surface area contributed by atoms with Gasteiger partial charge in [0.1, 0.15) is 36.8 Å². The number of hydrogen-bond acceptors (Lipinski definition) is 12. The zero-order chi connectivity index (χ0) is 40.9. The van der Waals surface area contributed by atoms with Crippen molar-refractivity contribution in [1.29, 1.82) is 5.26 Å². The van der Waals surface area contributed by atoms with Gasteiger partial charge in [-0.25, -0.2) is 14.1 Å². The molecule has 0 aromatic carbocycles. The summed E-state index contributed by atoms with van der Waals surface area (Å²) in [5, 5.41) is 35.3. The van der Waals surface area contributed by atoms with Gasteiger partial charge < -0.3 is 29.3 Å². The molecule has 3 aromatic rings. The molecule has 1 fully saturated rings. The van der Waals surface area contributed by atoms with Crippen molar-refractivity contribution in [2.24, 2.45) is 0 Å². The highest BCUT2D eigenvalue weighted by atomic mass is 31.2. The Morgan fingerprint density at radius 2 is 1.58 bits per heavy atom. The van der Waals surface area contributed by atoms with Crippen LogP contribution in [0, 0.1) is 30.6 Å². The Balaban J connectivity index is 1.18. The van der Waals surface area contributed by atoms with Gasteiger partial charge in [-0.05, 0) is 37.6 Å². The lowest BCUT2D eigenvalue weighted by molar-refractivity contribution is -0.0683. The summed E-state index contributed by atoms with van der Waals surface area (Å²) in [5.74, 6) is 2.45. The van der Waals surface area contributed by atoms with E-state index in [-0.39, 0.29) is 25.5 Å². The average Bonchev–Trinajstić information content (AvgIpc) is 3.77. The van der Waals surface area contributed by atoms with Crippen LogP contribution in [0.1, 0.15) is 132 Å². The Morgan fingerprint density at radius 1 is 0.930 bits per heavy atom. The van der Waals surface area contributed by atoms with Gasteiger partial charge in [0.05, 0.1) is 54.6 Å². The topological polar surface area (TPSA) is 191 Å². The number of phosphoric ester groups is 1. The summed E-state index contributed by atoms with van der Waals surface area (Å²) in [6, 6.07) is 8.64. The van der Waals surface area contributed by atoms with E-state index < -0.39 is 44.4 Å². The van der Waals surface area contributed by atoms with Crippen LogP contribution < -0.4 is 0 Å². The average molecular weight is 812 g/mol. The van der Waals surface area contributed by atoms with E-state index in [1.54, 1.807) is 31.2 Å². The summed E-state index contributed by atoms with van der Waals surface area (Å²) in [6.07, 6.45) is 23.9. The molecule has 6 atom stereocenters. The number of nitrogens with zero attached hydrogens (tertiary/aromatic N) is 5. The van der Waals surface area contributed by atoms with Crippen molar-refractivity contribution in [2.45, 2.75) is 153 Å². The van der Waals surface area contributed by atoms with Crippen molar-refractivity contribution in [2.75, 3.05) is 26.4 Å². The van der Waals surface area contributed by atoms with Crippen LogP contribution in [0.3, 0.4) is 0 Å². The molecule has 4 rings (SSSR count). The van der Waals surface area contributed by atoms with Crippen LogP contribution in [0.2, 0.25) is 0 Å². The molecule has 14 nitrogen and oxygen atoms in total. The quantitative estimate of drug-likeness (QED) is 0.0361. The van der Waals surface area contributed by atoms with Gasteiger partial charge in [-0.1, -0.05) is 109 Å². The molecule has 4 heterocycles. The van der Waals surface area contributed by atoms with Crippen LogP contribution >= 0.6 is 7.82 Å². The molecule has 0 saturated carbocycles. The summed E-state index contributed by atoms with van der Waals surface area (Å²) >= 11 is 0. The molecule has 1 aliphatic rings. The lowest BCUT2D eigenvalue weighted by Crippen LogP contribution is -2.41. The number of terminal acetylenes is 1. The molecule has 3 N–H and O–H groups in total. The van der Waals surface area contributed by atoms with Gasteiger partial charge in [0.25, 0.3) is 0 Å². The highest BCUT2D eigenvalue weighted by Crippen LogP contribution is 2.46. The van der Waals surface area contributed by atoms with E-state index in [1.165, 1.54) is 101 Å². The lowest BCUT2D eigenvalue weighted by Gasteiger charge is -2.26. The van der Waals surface area contributed by atoms with Gasteiger partial charge in [0.15, 0.2) is 5.60 Å². The molecule has 1 saturated heterocycles. The summed E-state index contributed by atoms with van der Waals surface area (Å²) in [4.78, 5) is 19.0. The number of phosphoric acid groups is 1. The first-order valence-electron chi connectivity index (χ1n) is 20.6. The number of aromatic nitrogens is 4. The van der Waals surface area contributed by atoms with E-state index >= 15 is 0 Å². The molecule has 0 radical (unpaired) electrons. The fourth-order valence-corrected chi connectivity index (χ4v) is 7.74. The highest BCUT2D eigenvalue weighted by molar-refractivity contribution is 7.47. The number of pyridine rings is 1. The predicted octanol–water partition coefficient (Wildman–Crippen LogP) is 7.25. The standard InChI is InChI=1S/C42H62N5O9P/c1-4-6-7-8-9-10-11-12-13-14-15-16-17-18-19-20-25-52-29-36(53-28-35-22-21-34(26-43)27-44-35)30-54-57(50,51)55-31-38-40(48)41(49)42(5-2,56-38)39-24-23-37-33(3)45-32-46-47(37)39/h2,21-24,27,32,36,38,40-41,48-49H,4,6-20,25,28-31H2,1,3H3,(H,50,51)/t36-,38-,40-,41-,42+/m1/s1. The molecule has 15 heteroatoms. The predicted molar refractivity (Wildman–Crippen MR) is 215 cm³/mol. The number of hydrogen-bond donors (Lipinski definition) is 3. The number of ether oxygens (including phenoxy) is 3. The minimum atomic E-state index is -4.72. The smallest absolute Gasteiger partial charge is 0.387 e. The molecule has 0 bridgehead atoms. The molecule has 0 aliphatic carbocycles. The number of aliphatic hydroxyl groups excluding tert-OH is 2. The Morgan fingerprint density at radius 3 is 2.18 bits per heavy atom. The molecule has 0 spiro atoms. The molecule has 0 amide bonds. The normalized spacial score (nSPS) is 21.0. The third-order valence-electron chi connectivity index (χ3n) is 10.4. The first-order chi connectivity index (χ1) is 27.6. The Hall–Kier alpha value is -3.27. The van der Waals surface area contributed by atoms with Crippen LogP contribution in [0.15, 0.2) is 36.8 Å². The SMILES string of the molecule is C#C[C@@]1(c2ccc3c(C)ncnn23)O[C@H](COP(=O)(O)OC[C@@H](COCCCCCCCCCCCCCCCCCC)OCc2ccc(C#N)cn2)[C@@H](O)[C@H]1O. The minimum absolute atomic E-state index is 0.0474. The molecular weight excluding hydrogens is 749 g/mol. The monoisotopic (exact) mass is 811 g/mol. The van der Waals surface area contributed by atoms with E-state index in [0.29, 0.717) is 29.1 Å². The Bertz CT molecular complexity index is 1750. The summed E-state index contributed by atoms with van der Waals surface area (Å²) in [5.41, 5.74) is 0.702. The third-order valence-corrected chi connectivity index (χ3v) is 11.3. The molecule has 3 aromatic heterocycles. The van der Waals surface area contributed by atoms with Crippen LogP contribution in [-0.4, -0.2) is 85.5 Å². The minimum Gasteiger partial charge on any atom is -0.387 e. The van der Waals surface area contributed by atoms with Gasteiger partial charge in [0.2, 0.25) is 0 Å². The van der Waals surface area contributed by atoms with Crippen LogP contribution in [0.5, 0.6) is 0 Å². The van der Waals surface area contributed by atoms with Gasteiger partial charge in [-0.3, -0.25) is 14.0 Å². The molecule has 314 valence electrons. The van der Waals surface area contributed by atoms with Crippen LogP contribution in [0.4, 0.5) is 0 Å². The summed E-state index contributed by atoms with van der Waals surface area (Å²) in [6.45, 7) is 3.70. The number of fused-ring (bicyclic) bond motifs is 1. The van der Waals surface area contributed by atoms with E-state index in [2.05, 4.69) is 27.9 Å². The van der Waals surface area contributed by atoms with Gasteiger partial charge >= 0.3 is 7.82 Å². The summed E-state index contributed by atoms with van der Waals surface area (Å²) < 4.78 is 42.9. The Labute approximate surface area is 337 Å². The van der Waals surface area contributed by atoms with Crippen LogP contribution in [-0.2, 0) is 40.0 Å². The lowest BCUT2D eigenvalue weighted by atomic mass is 9.92. The molecule has 57 heavy (non-hydrogen) atoms. The van der Waals surface area contributed by atoms with E-state index in [4.69, 9.17) is 34.9 Å². The van der Waals surface area contributed by atoms with Crippen molar-refractivity contribution in [1.82, 2.24) is 19.6 Å². The second-order valence-electron chi connectivity index (χ2n) is 14.9. The van der Waals surface area contributed by atoms with Crippen molar-refractivity contribution in [3.63, 3.8) is 0 Å². The zero-order valence-corrected chi connectivity index (χ0v) is 34.6. The molecular formula is C42H62N5O9P. The second-order valence-corrected chi connectivity index (χ2v) is 16.3. The third kappa shape index (κ3) is 14.5. The van der Waals surface area contributed by atoms with Crippen molar-refractivity contribution >= 4 is 13.3 Å². The van der Waals surface area contributed by atoms with Crippen molar-refractivity contribution in [3.8, 4) is 18.4 Å². The van der Waals surface area contributed by atoms with Gasteiger partial charge in [0, 0.05) is 12.8 Å². The van der Waals surface area contributed by atoms with Crippen LogP contribution in [0.25, 0.3) is 5.52 Å². The Kier molecular flexibility index (Phi) is 20.0. The molecule has 1 unspecified atom stereocenters. The van der Waals surface area contributed by atoms with Crippen molar-refractivity contribution < 1.29 is 42.9 Å². The van der Waals surface area contributed by atoms with E-state index in [9.17, 15) is 19.7 Å². The maximum Gasteiger partial charge on any atom is 0.472 e. The van der Waals surface area contributed by atoms with E-state index in [0.717, 1.165) is 19.3 Å². The highest BCUT2D eigenvalue weighted by Gasteiger charge is 2.56. The summed E-state index contributed by atoms with van der Waals surface area (Å²) in [7, 11) is -4.72. The molecule has 1 aliphatic heterocycles. The van der Waals surface area contributed by atoms with Gasteiger partial charge in [-0.2, -0.15) is 10.4 Å². The first kappa shape index (κ1) is 46.4. The fraction of sp³-hybridized carbons (Fsp3) is 0.667. The van der Waals surface area contributed by atoms with Gasteiger partial charge in [-0.15, -0.1) is 6.42 Å². The first-order valence-corrected chi connectivity index (χ1v) is 22.1. The number of aryl methyl sites for hydroxylation is 1. The zero-order valence-electron chi connectivity index (χ0n) is 33.7. The van der Waals surface area contributed by atoms with Crippen molar-refractivity contribution in [3.05, 3.63) is 59.4 Å². The largest absolute Gasteiger partial charge is 0.472 e. The number of nitriles is 1. The maximum absolute atomic E-state index is 13.0. The van der Waals surface area contributed by atoms with E-state index in [1.807, 2.05) is 6.07 Å². The fourth-order valence-electron chi connectivity index (χ4n) is 6.97. The number of aliphatic hydroxyl groups is 2. The second kappa shape index (κ2) is 24.6. The number of unbranched alkanes of at least 4 members (excludes halogenated alkanes) is 15. The maximum atomic E-state index is 13.0. The number of rotatable bonds is 29.